The average Bonchev–Trinajstić information content (AvgIpc) is 2.61. The molecule has 0 saturated carbocycles. The van der Waals surface area contributed by atoms with Crippen molar-refractivity contribution in [2.75, 3.05) is 26.2 Å². The van der Waals surface area contributed by atoms with Gasteiger partial charge in [0.2, 0.25) is 5.91 Å². The van der Waals surface area contributed by atoms with E-state index in [2.05, 4.69) is 26.3 Å². The van der Waals surface area contributed by atoms with Gasteiger partial charge in [0.05, 0.1) is 17.5 Å². The van der Waals surface area contributed by atoms with Gasteiger partial charge in [-0.2, -0.15) is 0 Å². The first-order chi connectivity index (χ1) is 13.3. The summed E-state index contributed by atoms with van der Waals surface area (Å²) in [5.41, 5.74) is -1.63. The number of nitrogens with zero attached hydrogens (tertiary/aromatic N) is 1. The number of rotatable bonds is 10. The molecule has 4 N–H and O–H groups in total. The van der Waals surface area contributed by atoms with Crippen LogP contribution in [0.2, 0.25) is 0 Å². The predicted octanol–water partition coefficient (Wildman–Crippen LogP) is 2.79. The first-order valence-electron chi connectivity index (χ1n) is 10.7. The topological polar surface area (TPSA) is 104 Å². The molecule has 0 aromatic heterocycles. The molecule has 0 aromatic rings. The molecule has 8 nitrogen and oxygen atoms in total. The summed E-state index contributed by atoms with van der Waals surface area (Å²) in [7, 11) is 0. The Balaban J connectivity index is 5.19. The molecule has 0 aliphatic heterocycles. The maximum absolute atomic E-state index is 12.3. The van der Waals surface area contributed by atoms with Crippen LogP contribution in [0.1, 0.15) is 75.2 Å². The van der Waals surface area contributed by atoms with Crippen molar-refractivity contribution < 1.29 is 14.3 Å². The van der Waals surface area contributed by atoms with E-state index >= 15 is 0 Å². The van der Waals surface area contributed by atoms with E-state index in [0.29, 0.717) is 32.1 Å². The Morgan fingerprint density at radius 2 is 1.41 bits per heavy atom. The standard InChI is InChI=1S/C21H43N5O3/c1-10-21(11-2,26-18(28)29-19(5,6)7)15-25-17(23-13-4)24-14-20(8,9)16(27)22-12-3/h10-15H2,1-9H3,(H,22,27)(H,26,28)(H2,23,24,25). The summed E-state index contributed by atoms with van der Waals surface area (Å²) < 4.78 is 5.42. The highest BCUT2D eigenvalue weighted by molar-refractivity contribution is 5.83. The molecule has 0 radical (unpaired) electrons. The summed E-state index contributed by atoms with van der Waals surface area (Å²) in [5.74, 6) is 0.588. The molecule has 0 bridgehead atoms. The van der Waals surface area contributed by atoms with E-state index in [4.69, 9.17) is 4.74 Å². The van der Waals surface area contributed by atoms with Crippen LogP contribution in [0.4, 0.5) is 4.79 Å². The molecular weight excluding hydrogens is 370 g/mol. The van der Waals surface area contributed by atoms with Crippen LogP contribution in [-0.2, 0) is 9.53 Å². The first-order valence-corrected chi connectivity index (χ1v) is 10.7. The summed E-state index contributed by atoms with van der Waals surface area (Å²) in [4.78, 5) is 29.1. The molecule has 0 aliphatic rings. The molecule has 0 aliphatic carbocycles. The Kier molecular flexibility index (Phi) is 11.1. The van der Waals surface area contributed by atoms with Gasteiger partial charge in [-0.1, -0.05) is 13.8 Å². The highest BCUT2D eigenvalue weighted by atomic mass is 16.6. The molecule has 2 amide bonds. The number of ether oxygens (including phenoxy) is 1. The Bertz CT molecular complexity index is 549. The molecule has 0 rings (SSSR count). The lowest BCUT2D eigenvalue weighted by molar-refractivity contribution is -0.128. The predicted molar refractivity (Wildman–Crippen MR) is 119 cm³/mol. The molecule has 0 fully saturated rings. The molecule has 170 valence electrons. The second kappa shape index (κ2) is 11.9. The Morgan fingerprint density at radius 1 is 0.862 bits per heavy atom. The third-order valence-corrected chi connectivity index (χ3v) is 4.64. The van der Waals surface area contributed by atoms with Gasteiger partial charge in [-0.25, -0.2) is 4.79 Å². The van der Waals surface area contributed by atoms with Gasteiger partial charge in [-0.3, -0.25) is 9.79 Å². The van der Waals surface area contributed by atoms with Crippen molar-refractivity contribution in [3.63, 3.8) is 0 Å². The van der Waals surface area contributed by atoms with E-state index in [1.165, 1.54) is 0 Å². The van der Waals surface area contributed by atoms with Crippen LogP contribution in [0.5, 0.6) is 0 Å². The van der Waals surface area contributed by atoms with Crippen LogP contribution in [0, 0.1) is 5.41 Å². The van der Waals surface area contributed by atoms with E-state index in [1.807, 2.05) is 62.3 Å². The van der Waals surface area contributed by atoms with Crippen molar-refractivity contribution in [3.05, 3.63) is 0 Å². The zero-order valence-electron chi connectivity index (χ0n) is 19.9. The highest BCUT2D eigenvalue weighted by Crippen LogP contribution is 2.17. The molecule has 0 atom stereocenters. The van der Waals surface area contributed by atoms with Crippen molar-refractivity contribution >= 4 is 18.0 Å². The fourth-order valence-electron chi connectivity index (χ4n) is 2.58. The van der Waals surface area contributed by atoms with Crippen LogP contribution in [-0.4, -0.2) is 55.3 Å². The van der Waals surface area contributed by atoms with Crippen LogP contribution in [0.25, 0.3) is 0 Å². The van der Waals surface area contributed by atoms with Gasteiger partial charge in [0, 0.05) is 19.6 Å². The van der Waals surface area contributed by atoms with Crippen LogP contribution >= 0.6 is 0 Å². The van der Waals surface area contributed by atoms with Gasteiger partial charge in [-0.05, 0) is 61.3 Å². The minimum Gasteiger partial charge on any atom is -0.444 e. The summed E-state index contributed by atoms with van der Waals surface area (Å²) in [5, 5.41) is 12.4. The molecule has 0 spiro atoms. The largest absolute Gasteiger partial charge is 0.444 e. The number of alkyl carbamates (subject to hydrolysis) is 1. The molecule has 29 heavy (non-hydrogen) atoms. The Labute approximate surface area is 177 Å². The molecule has 0 heterocycles. The molecule has 0 saturated heterocycles. The maximum atomic E-state index is 12.3. The number of hydrogen-bond acceptors (Lipinski definition) is 4. The van der Waals surface area contributed by atoms with Gasteiger partial charge in [0.1, 0.15) is 5.60 Å². The van der Waals surface area contributed by atoms with E-state index in [9.17, 15) is 9.59 Å². The maximum Gasteiger partial charge on any atom is 0.408 e. The second-order valence-electron chi connectivity index (χ2n) is 8.91. The quantitative estimate of drug-likeness (QED) is 0.326. The Hall–Kier alpha value is -1.99. The van der Waals surface area contributed by atoms with E-state index in [1.54, 1.807) is 0 Å². The monoisotopic (exact) mass is 413 g/mol. The van der Waals surface area contributed by atoms with Crippen molar-refractivity contribution in [2.45, 2.75) is 86.3 Å². The van der Waals surface area contributed by atoms with Crippen molar-refractivity contribution in [2.24, 2.45) is 10.4 Å². The highest BCUT2D eigenvalue weighted by Gasteiger charge is 2.31. The third-order valence-electron chi connectivity index (χ3n) is 4.64. The van der Waals surface area contributed by atoms with E-state index < -0.39 is 22.6 Å². The van der Waals surface area contributed by atoms with Crippen LogP contribution < -0.4 is 21.3 Å². The van der Waals surface area contributed by atoms with E-state index in [-0.39, 0.29) is 5.91 Å². The lowest BCUT2D eigenvalue weighted by Gasteiger charge is -2.34. The van der Waals surface area contributed by atoms with E-state index in [0.717, 1.165) is 12.8 Å². The van der Waals surface area contributed by atoms with Gasteiger partial charge < -0.3 is 26.0 Å². The van der Waals surface area contributed by atoms with Crippen molar-refractivity contribution in [3.8, 4) is 0 Å². The summed E-state index contributed by atoms with van der Waals surface area (Å²) in [6, 6.07) is 0. The number of guanidine groups is 1. The number of aliphatic imine (C=N–C) groups is 1. The minimum atomic E-state index is -0.611. The first kappa shape index (κ1) is 27.0. The summed E-state index contributed by atoms with van der Waals surface area (Å²) in [6.45, 7) is 19.3. The van der Waals surface area contributed by atoms with Gasteiger partial charge in [-0.15, -0.1) is 0 Å². The Morgan fingerprint density at radius 3 is 1.86 bits per heavy atom. The fourth-order valence-corrected chi connectivity index (χ4v) is 2.58. The molecule has 8 heteroatoms. The van der Waals surface area contributed by atoms with Gasteiger partial charge >= 0.3 is 6.09 Å². The lowest BCUT2D eigenvalue weighted by atomic mass is 9.92. The number of carbonyl (C=O) groups is 2. The third kappa shape index (κ3) is 10.4. The van der Waals surface area contributed by atoms with Crippen molar-refractivity contribution in [1.82, 2.24) is 21.3 Å². The number of nitrogens with one attached hydrogen (secondary N) is 4. The summed E-state index contributed by atoms with van der Waals surface area (Å²) in [6.07, 6.45) is 1.04. The number of amides is 2. The van der Waals surface area contributed by atoms with Crippen LogP contribution in [0.15, 0.2) is 4.99 Å². The molecular formula is C21H43N5O3. The molecule has 0 aromatic carbocycles. The normalized spacial score (nSPS) is 12.9. The summed E-state index contributed by atoms with van der Waals surface area (Å²) >= 11 is 0. The SMILES string of the molecule is CCNC(=O)C(C)(C)CN=C(NCC)NCC(CC)(CC)NC(=O)OC(C)(C)C. The lowest BCUT2D eigenvalue weighted by Crippen LogP contribution is -2.57. The fraction of sp³-hybridized carbons (Fsp3) is 0.857. The van der Waals surface area contributed by atoms with Crippen molar-refractivity contribution in [1.29, 1.82) is 0 Å². The zero-order valence-corrected chi connectivity index (χ0v) is 19.9. The van der Waals surface area contributed by atoms with Gasteiger partial charge in [0.25, 0.3) is 0 Å². The number of hydrogen-bond donors (Lipinski definition) is 4. The minimum absolute atomic E-state index is 0.0253. The smallest absolute Gasteiger partial charge is 0.408 e. The number of carbonyl (C=O) groups excluding carboxylic acids is 2. The second-order valence-corrected chi connectivity index (χ2v) is 8.91. The van der Waals surface area contributed by atoms with Crippen LogP contribution in [0.3, 0.4) is 0 Å². The average molecular weight is 414 g/mol. The zero-order chi connectivity index (χ0) is 22.7. The molecule has 0 unspecified atom stereocenters. The van der Waals surface area contributed by atoms with Gasteiger partial charge in [0.15, 0.2) is 5.96 Å².